The quantitative estimate of drug-likeness (QED) is 0.301. The van der Waals surface area contributed by atoms with Crippen molar-refractivity contribution in [3.8, 4) is 0 Å². The summed E-state index contributed by atoms with van der Waals surface area (Å²) in [6.45, 7) is 4.39. The van der Waals surface area contributed by atoms with Gasteiger partial charge in [0, 0.05) is 5.41 Å². The van der Waals surface area contributed by atoms with Gasteiger partial charge in [-0.1, -0.05) is 94.9 Å². The zero-order chi connectivity index (χ0) is 15.4. The molecule has 1 nitrogen and oxygen atoms in total. The predicted octanol–water partition coefficient (Wildman–Crippen LogP) is 6.39. The first-order valence-electron chi connectivity index (χ1n) is 9.04. The van der Waals surface area contributed by atoms with Gasteiger partial charge in [0.25, 0.3) is 0 Å². The van der Waals surface area contributed by atoms with Crippen LogP contribution in [0.3, 0.4) is 0 Å². The highest BCUT2D eigenvalue weighted by Crippen LogP contribution is 2.34. The SMILES string of the molecule is CCCCCCCCCCCCC1(C=O)C=CC=C(C)C1. The van der Waals surface area contributed by atoms with Crippen LogP contribution in [0.25, 0.3) is 0 Å². The fraction of sp³-hybridized carbons (Fsp3) is 0.750. The van der Waals surface area contributed by atoms with Crippen LogP contribution in [0.5, 0.6) is 0 Å². The van der Waals surface area contributed by atoms with E-state index in [1.165, 1.54) is 76.1 Å². The van der Waals surface area contributed by atoms with Crippen LogP contribution < -0.4 is 0 Å². The first-order valence-corrected chi connectivity index (χ1v) is 9.04. The Kier molecular flexibility index (Phi) is 9.37. The average molecular weight is 290 g/mol. The lowest BCUT2D eigenvalue weighted by atomic mass is 9.76. The number of aldehydes is 1. The van der Waals surface area contributed by atoms with Crippen LogP contribution in [0.2, 0.25) is 0 Å². The molecule has 0 amide bonds. The molecule has 0 saturated heterocycles. The fourth-order valence-electron chi connectivity index (χ4n) is 3.29. The van der Waals surface area contributed by atoms with Crippen molar-refractivity contribution >= 4 is 6.29 Å². The van der Waals surface area contributed by atoms with Gasteiger partial charge in [0.05, 0.1) is 0 Å². The molecule has 0 aromatic carbocycles. The first kappa shape index (κ1) is 18.2. The summed E-state index contributed by atoms with van der Waals surface area (Å²) >= 11 is 0. The zero-order valence-corrected chi connectivity index (χ0v) is 14.2. The third-order valence-electron chi connectivity index (χ3n) is 4.65. The molecular formula is C20H34O. The summed E-state index contributed by atoms with van der Waals surface area (Å²) in [7, 11) is 0. The van der Waals surface area contributed by atoms with Crippen molar-refractivity contribution < 1.29 is 4.79 Å². The van der Waals surface area contributed by atoms with Crippen LogP contribution in [0.1, 0.15) is 90.9 Å². The van der Waals surface area contributed by atoms with Gasteiger partial charge < -0.3 is 4.79 Å². The molecule has 1 atom stereocenters. The highest BCUT2D eigenvalue weighted by molar-refractivity contribution is 5.64. The maximum Gasteiger partial charge on any atom is 0.130 e. The van der Waals surface area contributed by atoms with Crippen molar-refractivity contribution in [1.82, 2.24) is 0 Å². The van der Waals surface area contributed by atoms with E-state index in [1.807, 2.05) is 0 Å². The van der Waals surface area contributed by atoms with Gasteiger partial charge in [0.1, 0.15) is 6.29 Å². The number of unbranched alkanes of at least 4 members (excludes halogenated alkanes) is 9. The monoisotopic (exact) mass is 290 g/mol. The van der Waals surface area contributed by atoms with E-state index in [0.717, 1.165) is 12.8 Å². The Hall–Kier alpha value is -0.850. The summed E-state index contributed by atoms with van der Waals surface area (Å²) in [6, 6.07) is 0. The Labute approximate surface area is 131 Å². The van der Waals surface area contributed by atoms with Crippen LogP contribution in [-0.4, -0.2) is 6.29 Å². The maximum atomic E-state index is 11.4. The lowest BCUT2D eigenvalue weighted by Gasteiger charge is -2.27. The Bertz CT molecular complexity index is 340. The van der Waals surface area contributed by atoms with Gasteiger partial charge >= 0.3 is 0 Å². The lowest BCUT2D eigenvalue weighted by molar-refractivity contribution is -0.114. The standard InChI is InChI=1S/C20H34O/c1-3-4-5-6-7-8-9-10-11-12-15-20(18-21)16-13-14-19(2)17-20/h13-14,16,18H,3-12,15,17H2,1-2H3. The highest BCUT2D eigenvalue weighted by Gasteiger charge is 2.27. The number of rotatable bonds is 12. The largest absolute Gasteiger partial charge is 0.302 e. The van der Waals surface area contributed by atoms with Crippen molar-refractivity contribution in [2.45, 2.75) is 90.9 Å². The molecule has 1 unspecified atom stereocenters. The smallest absolute Gasteiger partial charge is 0.130 e. The Morgan fingerprint density at radius 2 is 1.57 bits per heavy atom. The number of hydrogen-bond donors (Lipinski definition) is 0. The highest BCUT2D eigenvalue weighted by atomic mass is 16.1. The molecule has 0 N–H and O–H groups in total. The summed E-state index contributed by atoms with van der Waals surface area (Å²) in [4.78, 5) is 11.4. The van der Waals surface area contributed by atoms with E-state index in [0.29, 0.717) is 0 Å². The molecule has 0 heterocycles. The molecule has 1 rings (SSSR count). The molecule has 21 heavy (non-hydrogen) atoms. The molecule has 0 saturated carbocycles. The summed E-state index contributed by atoms with van der Waals surface area (Å²) in [5.41, 5.74) is 1.13. The minimum absolute atomic E-state index is 0.195. The number of hydrogen-bond acceptors (Lipinski definition) is 1. The van der Waals surface area contributed by atoms with Crippen molar-refractivity contribution in [3.05, 3.63) is 23.8 Å². The molecular weight excluding hydrogens is 256 g/mol. The molecule has 0 bridgehead atoms. The maximum absolute atomic E-state index is 11.4. The van der Waals surface area contributed by atoms with Crippen molar-refractivity contribution in [3.63, 3.8) is 0 Å². The van der Waals surface area contributed by atoms with Crippen molar-refractivity contribution in [2.24, 2.45) is 5.41 Å². The molecule has 0 radical (unpaired) electrons. The van der Waals surface area contributed by atoms with Crippen molar-refractivity contribution in [2.75, 3.05) is 0 Å². The minimum atomic E-state index is -0.195. The predicted molar refractivity (Wildman–Crippen MR) is 92.5 cm³/mol. The van der Waals surface area contributed by atoms with E-state index < -0.39 is 0 Å². The Morgan fingerprint density at radius 3 is 2.10 bits per heavy atom. The van der Waals surface area contributed by atoms with Gasteiger partial charge in [-0.25, -0.2) is 0 Å². The average Bonchev–Trinajstić information content (AvgIpc) is 2.49. The van der Waals surface area contributed by atoms with Crippen LogP contribution in [0.4, 0.5) is 0 Å². The molecule has 0 aromatic rings. The fourth-order valence-corrected chi connectivity index (χ4v) is 3.29. The third-order valence-corrected chi connectivity index (χ3v) is 4.65. The van der Waals surface area contributed by atoms with Crippen molar-refractivity contribution in [1.29, 1.82) is 0 Å². The van der Waals surface area contributed by atoms with Gasteiger partial charge in [-0.15, -0.1) is 0 Å². The van der Waals surface area contributed by atoms with Crippen LogP contribution in [0, 0.1) is 5.41 Å². The van der Waals surface area contributed by atoms with E-state index in [9.17, 15) is 4.79 Å². The van der Waals surface area contributed by atoms with E-state index in [2.05, 4.69) is 32.1 Å². The normalized spacial score (nSPS) is 21.3. The molecule has 1 aliphatic carbocycles. The number of carbonyl (C=O) groups is 1. The topological polar surface area (TPSA) is 17.1 Å². The van der Waals surface area contributed by atoms with Crippen LogP contribution in [0.15, 0.2) is 23.8 Å². The second kappa shape index (κ2) is 10.8. The molecule has 0 spiro atoms. The molecule has 0 aromatic heterocycles. The van der Waals surface area contributed by atoms with Gasteiger partial charge in [0.15, 0.2) is 0 Å². The summed E-state index contributed by atoms with van der Waals surface area (Å²) in [5.74, 6) is 0. The van der Waals surface area contributed by atoms with Gasteiger partial charge in [0.2, 0.25) is 0 Å². The lowest BCUT2D eigenvalue weighted by Crippen LogP contribution is -2.22. The Morgan fingerprint density at radius 1 is 1.00 bits per heavy atom. The van der Waals surface area contributed by atoms with E-state index in [-0.39, 0.29) is 5.41 Å². The molecule has 1 heteroatoms. The van der Waals surface area contributed by atoms with E-state index in [4.69, 9.17) is 0 Å². The second-order valence-corrected chi connectivity index (χ2v) is 6.83. The molecule has 120 valence electrons. The third kappa shape index (κ3) is 7.64. The zero-order valence-electron chi connectivity index (χ0n) is 14.2. The molecule has 0 fully saturated rings. The van der Waals surface area contributed by atoms with Gasteiger partial charge in [-0.2, -0.15) is 0 Å². The van der Waals surface area contributed by atoms with E-state index in [1.54, 1.807) is 0 Å². The summed E-state index contributed by atoms with van der Waals surface area (Å²) < 4.78 is 0. The van der Waals surface area contributed by atoms with E-state index >= 15 is 0 Å². The summed E-state index contributed by atoms with van der Waals surface area (Å²) in [5, 5.41) is 0. The van der Waals surface area contributed by atoms with Gasteiger partial charge in [-0.05, 0) is 19.8 Å². The number of carbonyl (C=O) groups excluding carboxylic acids is 1. The van der Waals surface area contributed by atoms with Crippen LogP contribution in [-0.2, 0) is 4.79 Å². The molecule has 1 aliphatic rings. The Balaban J connectivity index is 2.02. The van der Waals surface area contributed by atoms with Gasteiger partial charge in [-0.3, -0.25) is 0 Å². The second-order valence-electron chi connectivity index (χ2n) is 6.83. The summed E-state index contributed by atoms with van der Waals surface area (Å²) in [6.07, 6.45) is 22.9. The first-order chi connectivity index (χ1) is 10.2. The molecule has 0 aliphatic heterocycles. The number of allylic oxidation sites excluding steroid dienone is 4. The van der Waals surface area contributed by atoms with Crippen LogP contribution >= 0.6 is 0 Å². The minimum Gasteiger partial charge on any atom is -0.302 e.